The van der Waals surface area contributed by atoms with E-state index in [1.54, 1.807) is 4.57 Å². The Morgan fingerprint density at radius 3 is 2.47 bits per heavy atom. The molecule has 3 saturated heterocycles. The Bertz CT molecular complexity index is 1970. The standard InChI is InChI=1S/C24H29N9O9P2S3.2Na/c25-19-14-22(30-7-27-19)33(9-31-14)24-18-15(34)11(39-24)5-37-43(36,45)41-17-12(6-38-44(46,47)42-18)40-23(16(17)35)32-4-10-2-1-3-26-20-13(10)21(32)29-8-28-20;;/h4,7-9,11-12,15-18,23-24,34-35H,1-3,5-6H2,(H,36,45)(H,46,47)(H2,25,27,30)(H,26,28,29);;/q;2*+1/p-2/t11-,12-,15-,16-,17-,18-,23-,24-,43?;;/m1../s1. The number of fused-ring (bicyclic) bond motifs is 4. The summed E-state index contributed by atoms with van der Waals surface area (Å²) in [6, 6.07) is 0. The Kier molecular flexibility index (Phi) is 11.9. The second kappa shape index (κ2) is 15.0. The van der Waals surface area contributed by atoms with Crippen molar-refractivity contribution in [2.45, 2.75) is 61.9 Å². The van der Waals surface area contributed by atoms with E-state index in [1.807, 2.05) is 6.20 Å². The van der Waals surface area contributed by atoms with E-state index in [0.29, 0.717) is 22.6 Å². The van der Waals surface area contributed by atoms with Crippen molar-refractivity contribution < 1.29 is 101 Å². The zero-order valence-corrected chi connectivity index (χ0v) is 34.3. The van der Waals surface area contributed by atoms with E-state index >= 15 is 0 Å². The molecular formula is C24H27N9Na2O9P2S3. The number of nitrogens with one attached hydrogen (secondary N) is 1. The number of hydrogen-bond acceptors (Lipinski definition) is 19. The van der Waals surface area contributed by atoms with Gasteiger partial charge < -0.3 is 77.9 Å². The fourth-order valence-corrected chi connectivity index (χ4v) is 9.62. The second-order valence-electron chi connectivity index (χ2n) is 11.3. The number of imidazole rings is 1. The van der Waals surface area contributed by atoms with Crippen LogP contribution in [0.3, 0.4) is 0 Å². The Morgan fingerprint density at radius 2 is 1.65 bits per heavy atom. The van der Waals surface area contributed by atoms with Gasteiger partial charge in [-0.2, -0.15) is 0 Å². The van der Waals surface area contributed by atoms with Crippen molar-refractivity contribution in [3.8, 4) is 0 Å². The number of ether oxygens (including phenoxy) is 2. The molecule has 252 valence electrons. The SMILES string of the molecule is Nc1ncnc2c1ncn2[C@@H]1O[C@@H]2COP(=O)([S-])O[C@H]3[C@@H](O)[C@H](n4cc5c6c(ncnc64)NCCC5)O[C@@H]3COP(=S)([S-])O[C@@H]1[C@@H]2O.[Na+].[Na+]. The molecule has 49 heavy (non-hydrogen) atoms. The van der Waals surface area contributed by atoms with Gasteiger partial charge in [0.2, 0.25) is 0 Å². The molecule has 0 spiro atoms. The van der Waals surface area contributed by atoms with Crippen LogP contribution in [0.1, 0.15) is 24.4 Å². The summed E-state index contributed by atoms with van der Waals surface area (Å²) in [6.45, 7) is -4.39. The van der Waals surface area contributed by atoms with Gasteiger partial charge in [0, 0.05) is 12.7 Å². The average Bonchev–Trinajstić information content (AvgIpc) is 3.74. The van der Waals surface area contributed by atoms with Gasteiger partial charge in [0.1, 0.15) is 66.3 Å². The second-order valence-corrected chi connectivity index (χ2v) is 19.0. The van der Waals surface area contributed by atoms with E-state index in [-0.39, 0.29) is 71.5 Å². The smallest absolute Gasteiger partial charge is 0.691 e. The summed E-state index contributed by atoms with van der Waals surface area (Å²) in [5.74, 6) is 0.816. The number of aryl methyl sites for hydroxylation is 1. The number of nitrogen functional groups attached to an aromatic ring is 1. The van der Waals surface area contributed by atoms with Crippen LogP contribution in [-0.4, -0.2) is 101 Å². The van der Waals surface area contributed by atoms with E-state index in [2.05, 4.69) is 30.2 Å². The average molecular weight is 790 g/mol. The summed E-state index contributed by atoms with van der Waals surface area (Å²) in [5.41, 5.74) is 4.47. The van der Waals surface area contributed by atoms with Crippen LogP contribution in [0, 0.1) is 0 Å². The third-order valence-electron chi connectivity index (χ3n) is 8.46. The summed E-state index contributed by atoms with van der Waals surface area (Å²) in [6.07, 6.45) is -2.06. The van der Waals surface area contributed by atoms with Crippen LogP contribution in [0.5, 0.6) is 0 Å². The van der Waals surface area contributed by atoms with Crippen molar-refractivity contribution in [1.29, 1.82) is 0 Å². The van der Waals surface area contributed by atoms with Crippen LogP contribution < -0.4 is 70.2 Å². The van der Waals surface area contributed by atoms with Crippen molar-refractivity contribution in [2.75, 3.05) is 30.8 Å². The first-order valence-corrected chi connectivity index (χ1v) is 20.7. The van der Waals surface area contributed by atoms with Crippen LogP contribution in [0.4, 0.5) is 11.6 Å². The molecule has 4 aromatic heterocycles. The number of nitrogens with two attached hydrogens (primary N) is 1. The van der Waals surface area contributed by atoms with Crippen LogP contribution in [-0.2, 0) is 74.9 Å². The zero-order chi connectivity index (χ0) is 32.7. The topological polar surface area (TPSA) is 225 Å². The molecule has 2 bridgehead atoms. The molecule has 0 radical (unpaired) electrons. The third-order valence-corrected chi connectivity index (χ3v) is 12.1. The van der Waals surface area contributed by atoms with Gasteiger partial charge in [0.05, 0.1) is 30.6 Å². The summed E-state index contributed by atoms with van der Waals surface area (Å²) >= 11 is 16.4. The number of anilines is 2. The van der Waals surface area contributed by atoms with Crippen LogP contribution in [0.25, 0.3) is 22.2 Å². The molecule has 2 unspecified atom stereocenters. The summed E-state index contributed by atoms with van der Waals surface area (Å²) in [7, 11) is 0. The fourth-order valence-electron chi connectivity index (χ4n) is 6.32. The van der Waals surface area contributed by atoms with Crippen LogP contribution >= 0.6 is 12.5 Å². The minimum absolute atomic E-state index is 0. The van der Waals surface area contributed by atoms with Gasteiger partial charge >= 0.3 is 59.1 Å². The number of rotatable bonds is 2. The van der Waals surface area contributed by atoms with Gasteiger partial charge in [-0.1, -0.05) is 11.8 Å². The Morgan fingerprint density at radius 1 is 0.918 bits per heavy atom. The molecule has 0 saturated carbocycles. The first-order chi connectivity index (χ1) is 22.5. The first-order valence-electron chi connectivity index (χ1n) is 14.5. The molecule has 8 rings (SSSR count). The van der Waals surface area contributed by atoms with Gasteiger partial charge in [0.15, 0.2) is 30.7 Å². The quantitative estimate of drug-likeness (QED) is 0.0848. The van der Waals surface area contributed by atoms with Crippen molar-refractivity contribution in [1.82, 2.24) is 34.1 Å². The third kappa shape index (κ3) is 7.30. The Hall–Kier alpha value is 0.0300. The number of aliphatic hydroxyl groups excluding tert-OH is 2. The largest absolute Gasteiger partial charge is 1.00 e. The maximum atomic E-state index is 13.6. The number of aliphatic hydroxyl groups is 2. The molecule has 0 aliphatic carbocycles. The van der Waals surface area contributed by atoms with E-state index < -0.39 is 68.2 Å². The molecule has 8 heterocycles. The van der Waals surface area contributed by atoms with Gasteiger partial charge in [-0.15, -0.1) is 0 Å². The minimum atomic E-state index is -4.33. The monoisotopic (exact) mass is 789 g/mol. The zero-order valence-electron chi connectivity index (χ0n) is 26.0. The van der Waals surface area contributed by atoms with E-state index in [1.165, 1.54) is 23.5 Å². The first kappa shape index (κ1) is 38.7. The molecule has 18 nitrogen and oxygen atoms in total. The molecule has 3 fully saturated rings. The molecule has 10 atom stereocenters. The Labute approximate surface area is 338 Å². The van der Waals surface area contributed by atoms with E-state index in [0.717, 1.165) is 30.3 Å². The maximum absolute atomic E-state index is 13.6. The molecule has 0 amide bonds. The predicted octanol–water partition coefficient (Wildman–Crippen LogP) is -5.02. The molecule has 0 aromatic carbocycles. The van der Waals surface area contributed by atoms with Crippen LogP contribution in [0.15, 0.2) is 25.2 Å². The van der Waals surface area contributed by atoms with E-state index in [4.69, 9.17) is 69.6 Å². The van der Waals surface area contributed by atoms with Crippen molar-refractivity contribution in [3.63, 3.8) is 0 Å². The van der Waals surface area contributed by atoms with Gasteiger partial charge in [0.25, 0.3) is 0 Å². The van der Waals surface area contributed by atoms with Crippen molar-refractivity contribution in [2.24, 2.45) is 0 Å². The van der Waals surface area contributed by atoms with Gasteiger partial charge in [-0.25, -0.2) is 24.9 Å². The summed E-state index contributed by atoms with van der Waals surface area (Å²) in [4.78, 5) is 21.3. The minimum Gasteiger partial charge on any atom is -0.691 e. The fraction of sp³-hybridized carbons (Fsp3) is 0.542. The molecule has 4 aliphatic rings. The van der Waals surface area contributed by atoms with Gasteiger partial charge in [-0.05, 0) is 18.4 Å². The molecule has 25 heteroatoms. The van der Waals surface area contributed by atoms with Crippen LogP contribution in [0.2, 0.25) is 0 Å². The predicted molar refractivity (Wildman–Crippen MR) is 172 cm³/mol. The number of hydrogen-bond donors (Lipinski definition) is 4. The number of nitrogens with zero attached hydrogens (tertiary/aromatic N) is 7. The van der Waals surface area contributed by atoms with Crippen molar-refractivity contribution in [3.05, 3.63) is 30.7 Å². The summed E-state index contributed by atoms with van der Waals surface area (Å²) in [5, 5.41) is 27.0. The number of aromatic nitrogens is 7. The summed E-state index contributed by atoms with van der Waals surface area (Å²) < 4.78 is 52.5. The molecule has 4 aliphatic heterocycles. The van der Waals surface area contributed by atoms with E-state index in [9.17, 15) is 14.8 Å². The Balaban J connectivity index is 0.00000208. The van der Waals surface area contributed by atoms with Gasteiger partial charge in [-0.3, -0.25) is 9.13 Å². The molecule has 5 N–H and O–H groups in total. The normalized spacial score (nSPS) is 36.3. The van der Waals surface area contributed by atoms with Crippen molar-refractivity contribution >= 4 is 82.6 Å². The molecular weight excluding hydrogens is 762 g/mol. The molecule has 4 aromatic rings. The maximum Gasteiger partial charge on any atom is 1.00 e.